The summed E-state index contributed by atoms with van der Waals surface area (Å²) in [5.41, 5.74) is 0.395. The zero-order valence-electron chi connectivity index (χ0n) is 22.6. The van der Waals surface area contributed by atoms with E-state index in [1.54, 1.807) is 43.6 Å². The lowest BCUT2D eigenvalue weighted by Gasteiger charge is -2.41. The van der Waals surface area contributed by atoms with Gasteiger partial charge in [0.2, 0.25) is 5.89 Å². The van der Waals surface area contributed by atoms with Gasteiger partial charge in [-0.1, -0.05) is 30.3 Å². The topological polar surface area (TPSA) is 107 Å². The third-order valence-electron chi connectivity index (χ3n) is 5.99. The van der Waals surface area contributed by atoms with Gasteiger partial charge in [0.25, 0.3) is 5.89 Å². The van der Waals surface area contributed by atoms with Crippen molar-refractivity contribution in [2.45, 2.75) is 52.4 Å². The fraction of sp³-hybridized carbons (Fsp3) is 0.429. The molecule has 11 heteroatoms. The van der Waals surface area contributed by atoms with Crippen molar-refractivity contribution in [3.63, 3.8) is 0 Å². The lowest BCUT2D eigenvalue weighted by Crippen LogP contribution is -2.57. The van der Waals surface area contributed by atoms with Crippen molar-refractivity contribution in [3.05, 3.63) is 65.8 Å². The predicted molar refractivity (Wildman–Crippen MR) is 139 cm³/mol. The largest absolute Gasteiger partial charge is 0.493 e. The SMILES string of the molecule is Cc1nnc(-c2ccc(OCC[C@@H]3CN(C(=O)OCc4ccccc4)CCN3C(=O)OC(C)(C)C)cc2F)o1. The van der Waals surface area contributed by atoms with Crippen molar-refractivity contribution in [3.8, 4) is 17.2 Å². The van der Waals surface area contributed by atoms with Crippen LogP contribution in [0.15, 0.2) is 52.9 Å². The molecule has 2 aromatic carbocycles. The molecule has 0 bridgehead atoms. The Hall–Kier alpha value is -4.15. The van der Waals surface area contributed by atoms with Gasteiger partial charge in [-0.3, -0.25) is 0 Å². The first-order valence-electron chi connectivity index (χ1n) is 12.8. The maximum absolute atomic E-state index is 14.7. The highest BCUT2D eigenvalue weighted by molar-refractivity contribution is 5.71. The minimum atomic E-state index is -0.667. The molecule has 39 heavy (non-hydrogen) atoms. The van der Waals surface area contributed by atoms with Crippen LogP contribution in [0.5, 0.6) is 5.75 Å². The van der Waals surface area contributed by atoms with Crippen LogP contribution in [0, 0.1) is 12.7 Å². The highest BCUT2D eigenvalue weighted by Gasteiger charge is 2.35. The lowest BCUT2D eigenvalue weighted by molar-refractivity contribution is -0.00614. The number of nitrogens with zero attached hydrogens (tertiary/aromatic N) is 4. The summed E-state index contributed by atoms with van der Waals surface area (Å²) in [6.45, 7) is 8.21. The summed E-state index contributed by atoms with van der Waals surface area (Å²) >= 11 is 0. The van der Waals surface area contributed by atoms with E-state index in [9.17, 15) is 14.0 Å². The number of aromatic nitrogens is 2. The first-order chi connectivity index (χ1) is 18.6. The molecular weight excluding hydrogens is 507 g/mol. The van der Waals surface area contributed by atoms with Crippen molar-refractivity contribution in [1.82, 2.24) is 20.0 Å². The third-order valence-corrected chi connectivity index (χ3v) is 5.99. The Bertz CT molecular complexity index is 1280. The molecule has 1 aromatic heterocycles. The second-order valence-corrected chi connectivity index (χ2v) is 10.2. The molecule has 1 aliphatic rings. The Balaban J connectivity index is 1.38. The lowest BCUT2D eigenvalue weighted by atomic mass is 10.1. The molecule has 4 rings (SSSR count). The van der Waals surface area contributed by atoms with Gasteiger partial charge < -0.3 is 28.4 Å². The Morgan fingerprint density at radius 2 is 1.85 bits per heavy atom. The van der Waals surface area contributed by atoms with Gasteiger partial charge in [0.05, 0.1) is 18.2 Å². The quantitative estimate of drug-likeness (QED) is 0.402. The van der Waals surface area contributed by atoms with E-state index in [-0.39, 0.29) is 43.8 Å². The van der Waals surface area contributed by atoms with Gasteiger partial charge in [0.15, 0.2) is 0 Å². The number of benzene rings is 2. The molecule has 0 saturated carbocycles. The molecule has 2 heterocycles. The van der Waals surface area contributed by atoms with Crippen LogP contribution in [0.3, 0.4) is 0 Å². The van der Waals surface area contributed by atoms with Crippen LogP contribution in [0.4, 0.5) is 14.0 Å². The van der Waals surface area contributed by atoms with Gasteiger partial charge in [-0.05, 0) is 38.5 Å². The molecule has 0 radical (unpaired) electrons. The molecule has 0 aliphatic carbocycles. The van der Waals surface area contributed by atoms with E-state index in [0.29, 0.717) is 24.6 Å². The van der Waals surface area contributed by atoms with Crippen LogP contribution >= 0.6 is 0 Å². The maximum atomic E-state index is 14.7. The zero-order valence-corrected chi connectivity index (χ0v) is 22.6. The van der Waals surface area contributed by atoms with Gasteiger partial charge in [0, 0.05) is 39.0 Å². The molecule has 0 spiro atoms. The molecule has 0 N–H and O–H groups in total. The van der Waals surface area contributed by atoms with Gasteiger partial charge in [0.1, 0.15) is 23.8 Å². The smallest absolute Gasteiger partial charge is 0.410 e. The summed E-state index contributed by atoms with van der Waals surface area (Å²) < 4.78 is 36.8. The second-order valence-electron chi connectivity index (χ2n) is 10.2. The number of halogens is 1. The van der Waals surface area contributed by atoms with Crippen molar-refractivity contribution in [2.75, 3.05) is 26.2 Å². The standard InChI is InChI=1S/C28H33FN4O6/c1-19-30-31-25(38-19)23-11-10-22(16-24(23)29)36-15-12-21-17-32(13-14-33(21)27(35)39-28(2,3)4)26(34)37-18-20-8-6-5-7-9-20/h5-11,16,21H,12-15,17-18H2,1-4H3/t21-/m1/s1. The first-order valence-corrected chi connectivity index (χ1v) is 12.8. The number of amides is 2. The fourth-order valence-electron chi connectivity index (χ4n) is 4.12. The van der Waals surface area contributed by atoms with Crippen LogP contribution in [0.25, 0.3) is 11.5 Å². The first kappa shape index (κ1) is 27.9. The minimum absolute atomic E-state index is 0.0889. The van der Waals surface area contributed by atoms with E-state index in [0.717, 1.165) is 5.56 Å². The molecule has 1 saturated heterocycles. The summed E-state index contributed by atoms with van der Waals surface area (Å²) in [5.74, 6) is 0.179. The number of ether oxygens (including phenoxy) is 3. The van der Waals surface area contributed by atoms with Crippen LogP contribution in [0.2, 0.25) is 0 Å². The van der Waals surface area contributed by atoms with Crippen molar-refractivity contribution >= 4 is 12.2 Å². The summed E-state index contributed by atoms with van der Waals surface area (Å²) in [4.78, 5) is 28.9. The molecule has 1 atom stereocenters. The second kappa shape index (κ2) is 12.1. The van der Waals surface area contributed by atoms with E-state index in [1.165, 1.54) is 12.1 Å². The van der Waals surface area contributed by atoms with Crippen molar-refractivity contribution < 1.29 is 32.6 Å². The van der Waals surface area contributed by atoms with E-state index >= 15 is 0 Å². The molecule has 10 nitrogen and oxygen atoms in total. The highest BCUT2D eigenvalue weighted by atomic mass is 19.1. The monoisotopic (exact) mass is 540 g/mol. The Labute approximate surface area is 226 Å². The number of carbonyl (C=O) groups excluding carboxylic acids is 2. The summed E-state index contributed by atoms with van der Waals surface area (Å²) in [6, 6.07) is 13.4. The molecular formula is C28H33FN4O6. The van der Waals surface area contributed by atoms with Crippen molar-refractivity contribution in [2.24, 2.45) is 0 Å². The van der Waals surface area contributed by atoms with Gasteiger partial charge in [-0.25, -0.2) is 14.0 Å². The summed E-state index contributed by atoms with van der Waals surface area (Å²) in [7, 11) is 0. The third kappa shape index (κ3) is 7.68. The molecule has 3 aromatic rings. The minimum Gasteiger partial charge on any atom is -0.493 e. The predicted octanol–water partition coefficient (Wildman–Crippen LogP) is 5.21. The molecule has 208 valence electrons. The van der Waals surface area contributed by atoms with E-state index in [4.69, 9.17) is 18.6 Å². The number of piperazine rings is 1. The van der Waals surface area contributed by atoms with Crippen LogP contribution in [0.1, 0.15) is 38.6 Å². The average Bonchev–Trinajstić information content (AvgIpc) is 3.32. The number of rotatable bonds is 7. The van der Waals surface area contributed by atoms with Crippen LogP contribution < -0.4 is 4.74 Å². The summed E-state index contributed by atoms with van der Waals surface area (Å²) in [6.07, 6.45) is -0.536. The Morgan fingerprint density at radius 3 is 2.51 bits per heavy atom. The molecule has 1 fully saturated rings. The normalized spacial score (nSPS) is 15.7. The van der Waals surface area contributed by atoms with E-state index in [2.05, 4.69) is 10.2 Å². The van der Waals surface area contributed by atoms with Crippen molar-refractivity contribution in [1.29, 1.82) is 0 Å². The zero-order chi connectivity index (χ0) is 28.0. The van der Waals surface area contributed by atoms with Gasteiger partial charge in [-0.15, -0.1) is 10.2 Å². The Kier molecular flexibility index (Phi) is 8.68. The molecule has 0 unspecified atom stereocenters. The number of aryl methyl sites for hydroxylation is 1. The Morgan fingerprint density at radius 1 is 1.08 bits per heavy atom. The molecule has 2 amide bonds. The van der Waals surface area contributed by atoms with Crippen LogP contribution in [-0.4, -0.2) is 70.1 Å². The summed E-state index contributed by atoms with van der Waals surface area (Å²) in [5, 5.41) is 7.57. The number of carbonyl (C=O) groups is 2. The highest BCUT2D eigenvalue weighted by Crippen LogP contribution is 2.26. The van der Waals surface area contributed by atoms with Crippen LogP contribution in [-0.2, 0) is 16.1 Å². The van der Waals surface area contributed by atoms with E-state index < -0.39 is 23.6 Å². The van der Waals surface area contributed by atoms with Gasteiger partial charge in [-0.2, -0.15) is 0 Å². The fourth-order valence-corrected chi connectivity index (χ4v) is 4.12. The maximum Gasteiger partial charge on any atom is 0.410 e. The van der Waals surface area contributed by atoms with E-state index in [1.807, 2.05) is 30.3 Å². The van der Waals surface area contributed by atoms with Gasteiger partial charge >= 0.3 is 12.2 Å². The average molecular weight is 541 g/mol. The molecule has 1 aliphatic heterocycles. The number of hydrogen-bond acceptors (Lipinski definition) is 8. The number of hydrogen-bond donors (Lipinski definition) is 0.